The highest BCUT2D eigenvalue weighted by Gasteiger charge is 2.29. The third kappa shape index (κ3) is 7.13. The summed E-state index contributed by atoms with van der Waals surface area (Å²) in [5.41, 5.74) is 2.51. The Balaban J connectivity index is 1.36. The number of carbonyl (C=O) groups excluding carboxylic acids is 2. The van der Waals surface area contributed by atoms with Crippen LogP contribution in [0.4, 0.5) is 21.8 Å². The van der Waals surface area contributed by atoms with Crippen molar-refractivity contribution in [3.8, 4) is 11.3 Å². The Morgan fingerprint density at radius 2 is 1.88 bits per heavy atom. The molecule has 1 fully saturated rings. The average molecular weight is 591 g/mol. The Bertz CT molecular complexity index is 1590. The maximum atomic E-state index is 15.1. The van der Waals surface area contributed by atoms with E-state index in [0.29, 0.717) is 40.1 Å². The zero-order valence-electron chi connectivity index (χ0n) is 24.4. The molecule has 43 heavy (non-hydrogen) atoms. The molecule has 1 aliphatic heterocycles. The van der Waals surface area contributed by atoms with Crippen molar-refractivity contribution in [3.05, 3.63) is 60.3 Å². The van der Waals surface area contributed by atoms with E-state index in [-0.39, 0.29) is 36.5 Å². The molecule has 4 aromatic rings. The molecule has 0 saturated carbocycles. The zero-order valence-corrected chi connectivity index (χ0v) is 24.4. The lowest BCUT2D eigenvalue weighted by Crippen LogP contribution is -2.54. The quantitative estimate of drug-likeness (QED) is 0.223. The van der Waals surface area contributed by atoms with Gasteiger partial charge >= 0.3 is 5.97 Å². The summed E-state index contributed by atoms with van der Waals surface area (Å²) in [4.78, 5) is 45.5. The van der Waals surface area contributed by atoms with Crippen LogP contribution in [0.3, 0.4) is 0 Å². The van der Waals surface area contributed by atoms with Crippen molar-refractivity contribution in [1.82, 2.24) is 29.7 Å². The minimum atomic E-state index is -0.601. The van der Waals surface area contributed by atoms with Gasteiger partial charge in [-0.1, -0.05) is 18.2 Å². The van der Waals surface area contributed by atoms with Crippen LogP contribution in [0.5, 0.6) is 0 Å². The molecular weight excluding hydrogens is 555 g/mol. The van der Waals surface area contributed by atoms with Crippen molar-refractivity contribution in [2.45, 2.75) is 18.9 Å². The van der Waals surface area contributed by atoms with Gasteiger partial charge in [0.15, 0.2) is 5.82 Å². The fourth-order valence-electron chi connectivity index (χ4n) is 5.06. The molecule has 13 heteroatoms. The molecule has 0 aliphatic carbocycles. The SMILES string of the molecule is COC[C@H](C(=O)Nc1cccc2c(-c3nc(Nc4cccc(CCC(=O)OC)n4)ncc3F)c[nH]c12)N1CCN(C)CC1. The number of anilines is 3. The maximum Gasteiger partial charge on any atom is 0.305 e. The summed E-state index contributed by atoms with van der Waals surface area (Å²) in [5, 5.41) is 6.75. The number of aromatic amines is 1. The Hall–Kier alpha value is -4.46. The van der Waals surface area contributed by atoms with Gasteiger partial charge in [0.1, 0.15) is 17.6 Å². The minimum Gasteiger partial charge on any atom is -0.469 e. The first-order chi connectivity index (χ1) is 20.9. The van der Waals surface area contributed by atoms with Gasteiger partial charge in [0, 0.05) is 62.6 Å². The molecule has 1 aromatic carbocycles. The largest absolute Gasteiger partial charge is 0.469 e. The Morgan fingerprint density at radius 1 is 1.09 bits per heavy atom. The van der Waals surface area contributed by atoms with Gasteiger partial charge in [0.05, 0.1) is 37.5 Å². The average Bonchev–Trinajstić information content (AvgIpc) is 3.45. The molecule has 12 nitrogen and oxygen atoms in total. The summed E-state index contributed by atoms with van der Waals surface area (Å²) >= 11 is 0. The van der Waals surface area contributed by atoms with Crippen molar-refractivity contribution >= 4 is 40.2 Å². The predicted molar refractivity (Wildman–Crippen MR) is 161 cm³/mol. The van der Waals surface area contributed by atoms with Gasteiger partial charge in [-0.15, -0.1) is 0 Å². The number of pyridine rings is 1. The van der Waals surface area contributed by atoms with Crippen molar-refractivity contribution in [1.29, 1.82) is 0 Å². The molecule has 1 saturated heterocycles. The second-order valence-electron chi connectivity index (χ2n) is 10.3. The van der Waals surface area contributed by atoms with E-state index >= 15 is 4.39 Å². The number of piperazine rings is 1. The number of esters is 1. The highest BCUT2D eigenvalue weighted by atomic mass is 19.1. The van der Waals surface area contributed by atoms with Gasteiger partial charge in [-0.2, -0.15) is 0 Å². The molecule has 1 aliphatic rings. The van der Waals surface area contributed by atoms with Gasteiger partial charge in [0.2, 0.25) is 11.9 Å². The number of nitrogens with one attached hydrogen (secondary N) is 3. The van der Waals surface area contributed by atoms with Crippen LogP contribution in [0.25, 0.3) is 22.2 Å². The molecule has 226 valence electrons. The number of halogens is 1. The fraction of sp³-hybridized carbons (Fsp3) is 0.367. The van der Waals surface area contributed by atoms with E-state index in [4.69, 9.17) is 9.47 Å². The first-order valence-electron chi connectivity index (χ1n) is 14.0. The number of hydrogen-bond acceptors (Lipinski definition) is 10. The standard InChI is InChI=1S/C30H35FN8O4/c1-38-12-14-39(15-13-38)24(18-42-2)29(41)35-23-8-5-7-20-21(16-32-28(20)23)27-22(31)17-33-30(37-27)36-25-9-4-6-19(34-25)10-11-26(40)43-3/h4-9,16-17,24,32H,10-15,18H2,1-3H3,(H,35,41)(H,33,34,36,37)/t24-/m1/s1. The third-order valence-corrected chi connectivity index (χ3v) is 7.44. The third-order valence-electron chi connectivity index (χ3n) is 7.44. The zero-order chi connectivity index (χ0) is 30.3. The topological polar surface area (TPSA) is 138 Å². The van der Waals surface area contributed by atoms with E-state index in [1.165, 1.54) is 7.11 Å². The van der Waals surface area contributed by atoms with E-state index in [2.05, 4.69) is 47.4 Å². The normalized spacial score (nSPS) is 14.9. The lowest BCUT2D eigenvalue weighted by molar-refractivity contribution is -0.140. The number of methoxy groups -OCH3 is 2. The second-order valence-corrected chi connectivity index (χ2v) is 10.3. The van der Waals surface area contributed by atoms with Crippen LogP contribution >= 0.6 is 0 Å². The first-order valence-corrected chi connectivity index (χ1v) is 14.0. The number of nitrogens with zero attached hydrogens (tertiary/aromatic N) is 5. The molecule has 5 rings (SSSR count). The molecule has 1 atom stereocenters. The molecule has 0 unspecified atom stereocenters. The number of aryl methyl sites for hydroxylation is 1. The van der Waals surface area contributed by atoms with Crippen LogP contribution in [0, 0.1) is 5.82 Å². The highest BCUT2D eigenvalue weighted by Crippen LogP contribution is 2.33. The second kappa shape index (κ2) is 13.7. The van der Waals surface area contributed by atoms with Crippen LogP contribution in [-0.2, 0) is 25.5 Å². The van der Waals surface area contributed by atoms with Crippen LogP contribution in [0.15, 0.2) is 48.8 Å². The number of hydrogen-bond donors (Lipinski definition) is 3. The number of H-pyrrole nitrogens is 1. The Labute approximate surface area is 248 Å². The number of para-hydroxylation sites is 1. The van der Waals surface area contributed by atoms with Gasteiger partial charge in [-0.05, 0) is 25.2 Å². The fourth-order valence-corrected chi connectivity index (χ4v) is 5.06. The Morgan fingerprint density at radius 3 is 2.65 bits per heavy atom. The number of amides is 1. The van der Waals surface area contributed by atoms with Crippen LogP contribution in [0.2, 0.25) is 0 Å². The minimum absolute atomic E-state index is 0.0868. The number of ether oxygens (including phenoxy) is 2. The number of fused-ring (bicyclic) bond motifs is 1. The lowest BCUT2D eigenvalue weighted by Gasteiger charge is -2.36. The van der Waals surface area contributed by atoms with E-state index in [1.807, 2.05) is 6.07 Å². The molecule has 3 N–H and O–H groups in total. The van der Waals surface area contributed by atoms with Crippen molar-refractivity contribution in [2.24, 2.45) is 0 Å². The number of carbonyl (C=O) groups is 2. The summed E-state index contributed by atoms with van der Waals surface area (Å²) < 4.78 is 25.2. The van der Waals surface area contributed by atoms with Gasteiger partial charge < -0.3 is 30.0 Å². The first kappa shape index (κ1) is 30.0. The summed E-state index contributed by atoms with van der Waals surface area (Å²) in [6.45, 7) is 3.56. The van der Waals surface area contributed by atoms with E-state index in [0.717, 1.165) is 32.4 Å². The summed E-state index contributed by atoms with van der Waals surface area (Å²) in [7, 11) is 5.00. The molecule has 0 bridgehead atoms. The molecule has 0 radical (unpaired) electrons. The highest BCUT2D eigenvalue weighted by molar-refractivity contribution is 6.06. The summed E-state index contributed by atoms with van der Waals surface area (Å²) in [6, 6.07) is 10.3. The van der Waals surface area contributed by atoms with Crippen LogP contribution in [-0.4, -0.2) is 102 Å². The van der Waals surface area contributed by atoms with Crippen molar-refractivity contribution in [3.63, 3.8) is 0 Å². The number of aromatic nitrogens is 4. The van der Waals surface area contributed by atoms with E-state index in [9.17, 15) is 9.59 Å². The van der Waals surface area contributed by atoms with Crippen molar-refractivity contribution in [2.75, 3.05) is 64.7 Å². The predicted octanol–water partition coefficient (Wildman–Crippen LogP) is 3.21. The Kier molecular flexibility index (Phi) is 9.55. The summed E-state index contributed by atoms with van der Waals surface area (Å²) in [5.74, 6) is -0.484. The van der Waals surface area contributed by atoms with Gasteiger partial charge in [-0.3, -0.25) is 14.5 Å². The maximum absolute atomic E-state index is 15.1. The monoisotopic (exact) mass is 590 g/mol. The molecular formula is C30H35FN8O4. The number of benzene rings is 1. The molecule has 3 aromatic heterocycles. The van der Waals surface area contributed by atoms with E-state index < -0.39 is 11.9 Å². The van der Waals surface area contributed by atoms with Crippen LogP contribution in [0.1, 0.15) is 12.1 Å². The molecule has 4 heterocycles. The van der Waals surface area contributed by atoms with Crippen LogP contribution < -0.4 is 10.6 Å². The van der Waals surface area contributed by atoms with Crippen molar-refractivity contribution < 1.29 is 23.5 Å². The summed E-state index contributed by atoms with van der Waals surface area (Å²) in [6.07, 6.45) is 3.37. The van der Waals surface area contributed by atoms with E-state index in [1.54, 1.807) is 43.6 Å². The lowest BCUT2D eigenvalue weighted by atomic mass is 10.1. The number of rotatable bonds is 11. The van der Waals surface area contributed by atoms with Gasteiger partial charge in [0.25, 0.3) is 0 Å². The number of likely N-dealkylation sites (N-methyl/N-ethyl adjacent to an activating group) is 1. The smallest absolute Gasteiger partial charge is 0.305 e. The molecule has 0 spiro atoms. The van der Waals surface area contributed by atoms with Gasteiger partial charge in [-0.25, -0.2) is 19.3 Å². The molecule has 1 amide bonds.